The van der Waals surface area contributed by atoms with E-state index in [1.54, 1.807) is 25.3 Å². The molecule has 0 unspecified atom stereocenters. The van der Waals surface area contributed by atoms with E-state index in [1.807, 2.05) is 24.3 Å². The lowest BCUT2D eigenvalue weighted by Gasteiger charge is -2.07. The molecule has 0 aliphatic heterocycles. The molecule has 0 aliphatic carbocycles. The van der Waals surface area contributed by atoms with Crippen molar-refractivity contribution < 1.29 is 9.84 Å². The van der Waals surface area contributed by atoms with Crippen LogP contribution in [0.1, 0.15) is 5.56 Å². The lowest BCUT2D eigenvalue weighted by Crippen LogP contribution is -1.97. The van der Waals surface area contributed by atoms with Crippen molar-refractivity contribution >= 4 is 34.4 Å². The van der Waals surface area contributed by atoms with Gasteiger partial charge in [0.25, 0.3) is 0 Å². The fourth-order valence-corrected chi connectivity index (χ4v) is 2.71. The third-order valence-corrected chi connectivity index (χ3v) is 4.06. The minimum absolute atomic E-state index is 0.121. The zero-order chi connectivity index (χ0) is 17.1. The van der Waals surface area contributed by atoms with Gasteiger partial charge < -0.3 is 9.84 Å². The van der Waals surface area contributed by atoms with Crippen molar-refractivity contribution in [3.8, 4) is 22.9 Å². The predicted octanol–water partition coefficient (Wildman–Crippen LogP) is 3.97. The van der Waals surface area contributed by atoms with Crippen LogP contribution in [-0.4, -0.2) is 33.3 Å². The molecule has 2 aromatic carbocycles. The van der Waals surface area contributed by atoms with Crippen molar-refractivity contribution in [1.29, 1.82) is 0 Å². The van der Waals surface area contributed by atoms with E-state index >= 15 is 0 Å². The normalized spacial score (nSPS) is 11.1. The Morgan fingerprint density at radius 3 is 2.92 bits per heavy atom. The lowest BCUT2D eigenvalue weighted by atomic mass is 10.2. The Morgan fingerprint density at radius 1 is 1.33 bits per heavy atom. The van der Waals surface area contributed by atoms with Crippen LogP contribution in [0.4, 0.5) is 0 Å². The van der Waals surface area contributed by atoms with Gasteiger partial charge in [0.2, 0.25) is 4.77 Å². The zero-order valence-corrected chi connectivity index (χ0v) is 15.0. The average molecular weight is 405 g/mol. The first kappa shape index (κ1) is 16.4. The summed E-state index contributed by atoms with van der Waals surface area (Å²) in [6.45, 7) is 0. The molecule has 0 atom stereocenters. The van der Waals surface area contributed by atoms with Gasteiger partial charge in [-0.2, -0.15) is 14.9 Å². The fraction of sp³-hybridized carbons (Fsp3) is 0.0625. The molecule has 6 nitrogen and oxygen atoms in total. The SMILES string of the molecule is COc1ccccc1-c1n[nH]c(=S)n1/N=C\c1cc(Br)ccc1O. The summed E-state index contributed by atoms with van der Waals surface area (Å²) in [5, 5.41) is 21.2. The van der Waals surface area contributed by atoms with Gasteiger partial charge in [0.15, 0.2) is 5.82 Å². The molecule has 0 aliphatic rings. The van der Waals surface area contributed by atoms with Gasteiger partial charge in [-0.15, -0.1) is 0 Å². The number of hydrogen-bond donors (Lipinski definition) is 2. The fourth-order valence-electron chi connectivity index (χ4n) is 2.15. The van der Waals surface area contributed by atoms with Crippen LogP contribution >= 0.6 is 28.1 Å². The molecule has 0 bridgehead atoms. The van der Waals surface area contributed by atoms with E-state index in [2.05, 4.69) is 31.2 Å². The van der Waals surface area contributed by atoms with Gasteiger partial charge >= 0.3 is 0 Å². The molecular formula is C16H13BrN4O2S. The third-order valence-electron chi connectivity index (χ3n) is 3.30. The summed E-state index contributed by atoms with van der Waals surface area (Å²) in [5.74, 6) is 1.30. The number of aromatic hydroxyl groups is 1. The number of halogens is 1. The summed E-state index contributed by atoms with van der Waals surface area (Å²) in [6, 6.07) is 12.5. The van der Waals surface area contributed by atoms with Gasteiger partial charge in [0, 0.05) is 10.0 Å². The van der Waals surface area contributed by atoms with E-state index in [0.29, 0.717) is 21.9 Å². The quantitative estimate of drug-likeness (QED) is 0.509. The van der Waals surface area contributed by atoms with E-state index in [1.165, 1.54) is 10.9 Å². The van der Waals surface area contributed by atoms with Crippen molar-refractivity contribution in [2.24, 2.45) is 5.10 Å². The predicted molar refractivity (Wildman–Crippen MR) is 98.2 cm³/mol. The summed E-state index contributed by atoms with van der Waals surface area (Å²) in [6.07, 6.45) is 1.52. The highest BCUT2D eigenvalue weighted by molar-refractivity contribution is 9.10. The minimum Gasteiger partial charge on any atom is -0.507 e. The van der Waals surface area contributed by atoms with Gasteiger partial charge in [-0.25, -0.2) is 5.10 Å². The Kier molecular flexibility index (Phi) is 4.77. The number of phenols is 1. The topological polar surface area (TPSA) is 75.4 Å². The van der Waals surface area contributed by atoms with Crippen LogP contribution in [-0.2, 0) is 0 Å². The zero-order valence-electron chi connectivity index (χ0n) is 12.6. The molecular weight excluding hydrogens is 392 g/mol. The maximum atomic E-state index is 9.91. The number of benzene rings is 2. The van der Waals surface area contributed by atoms with E-state index in [4.69, 9.17) is 17.0 Å². The highest BCUT2D eigenvalue weighted by atomic mass is 79.9. The van der Waals surface area contributed by atoms with Gasteiger partial charge in [-0.05, 0) is 42.5 Å². The van der Waals surface area contributed by atoms with Gasteiger partial charge in [-0.3, -0.25) is 0 Å². The van der Waals surface area contributed by atoms with Crippen LogP contribution in [0.5, 0.6) is 11.5 Å². The second kappa shape index (κ2) is 6.98. The number of nitrogens with zero attached hydrogens (tertiary/aromatic N) is 3. The Bertz CT molecular complexity index is 965. The summed E-state index contributed by atoms with van der Waals surface area (Å²) < 4.78 is 8.01. The molecule has 24 heavy (non-hydrogen) atoms. The highest BCUT2D eigenvalue weighted by Gasteiger charge is 2.13. The number of phenolic OH excluding ortho intramolecular Hbond substituents is 1. The number of para-hydroxylation sites is 1. The van der Waals surface area contributed by atoms with Crippen LogP contribution in [0, 0.1) is 4.77 Å². The standard InChI is InChI=1S/C16H13BrN4O2S/c1-23-14-5-3-2-4-12(14)15-19-20-16(24)21(15)18-9-10-8-11(17)6-7-13(10)22/h2-9,22H,1H3,(H,20,24)/b18-9-. The molecule has 0 saturated heterocycles. The van der Waals surface area contributed by atoms with Crippen LogP contribution < -0.4 is 4.74 Å². The van der Waals surface area contributed by atoms with E-state index < -0.39 is 0 Å². The molecule has 0 amide bonds. The Balaban J connectivity index is 2.07. The number of ether oxygens (including phenoxy) is 1. The Hall–Kier alpha value is -2.45. The van der Waals surface area contributed by atoms with Crippen molar-refractivity contribution in [2.45, 2.75) is 0 Å². The summed E-state index contributed by atoms with van der Waals surface area (Å²) in [4.78, 5) is 0. The van der Waals surface area contributed by atoms with Gasteiger partial charge in [0.05, 0.1) is 18.9 Å². The molecule has 3 aromatic rings. The second-order valence-corrected chi connectivity index (χ2v) is 6.11. The largest absolute Gasteiger partial charge is 0.507 e. The second-order valence-electron chi connectivity index (χ2n) is 4.81. The number of methoxy groups -OCH3 is 1. The van der Waals surface area contributed by atoms with Crippen LogP contribution in [0.15, 0.2) is 52.0 Å². The molecule has 0 spiro atoms. The number of aromatic nitrogens is 3. The van der Waals surface area contributed by atoms with E-state index in [9.17, 15) is 5.11 Å². The maximum absolute atomic E-state index is 9.91. The van der Waals surface area contributed by atoms with Crippen LogP contribution in [0.3, 0.4) is 0 Å². The molecule has 0 fully saturated rings. The first-order valence-corrected chi connectivity index (χ1v) is 8.14. The monoisotopic (exact) mass is 404 g/mol. The van der Waals surface area contributed by atoms with Crippen molar-refractivity contribution in [1.82, 2.24) is 14.9 Å². The molecule has 0 saturated carbocycles. The van der Waals surface area contributed by atoms with Crippen molar-refractivity contribution in [2.75, 3.05) is 7.11 Å². The number of nitrogens with one attached hydrogen (secondary N) is 1. The summed E-state index contributed by atoms with van der Waals surface area (Å²) >= 11 is 8.61. The highest BCUT2D eigenvalue weighted by Crippen LogP contribution is 2.28. The van der Waals surface area contributed by atoms with Crippen LogP contribution in [0.2, 0.25) is 0 Å². The summed E-state index contributed by atoms with van der Waals surface area (Å²) in [5.41, 5.74) is 1.31. The van der Waals surface area contributed by atoms with E-state index in [-0.39, 0.29) is 5.75 Å². The molecule has 122 valence electrons. The van der Waals surface area contributed by atoms with Gasteiger partial charge in [0.1, 0.15) is 11.5 Å². The van der Waals surface area contributed by atoms with Crippen molar-refractivity contribution in [3.05, 3.63) is 57.3 Å². The molecule has 1 heterocycles. The van der Waals surface area contributed by atoms with Crippen LogP contribution in [0.25, 0.3) is 11.4 Å². The lowest BCUT2D eigenvalue weighted by molar-refractivity contribution is 0.416. The molecule has 1 aromatic heterocycles. The Morgan fingerprint density at radius 2 is 2.12 bits per heavy atom. The first-order chi connectivity index (χ1) is 11.6. The number of H-pyrrole nitrogens is 1. The van der Waals surface area contributed by atoms with Gasteiger partial charge in [-0.1, -0.05) is 28.1 Å². The number of aromatic amines is 1. The molecule has 2 N–H and O–H groups in total. The van der Waals surface area contributed by atoms with E-state index in [0.717, 1.165) is 10.0 Å². The number of rotatable bonds is 4. The average Bonchev–Trinajstić information content (AvgIpc) is 2.96. The third kappa shape index (κ3) is 3.24. The Labute approximate surface area is 151 Å². The summed E-state index contributed by atoms with van der Waals surface area (Å²) in [7, 11) is 1.59. The first-order valence-electron chi connectivity index (χ1n) is 6.94. The molecule has 8 heteroatoms. The molecule has 3 rings (SSSR count). The molecule has 0 radical (unpaired) electrons. The maximum Gasteiger partial charge on any atom is 0.216 e. The minimum atomic E-state index is 0.121. The van der Waals surface area contributed by atoms with Crippen molar-refractivity contribution in [3.63, 3.8) is 0 Å². The smallest absolute Gasteiger partial charge is 0.216 e. The number of hydrogen-bond acceptors (Lipinski definition) is 5.